The van der Waals surface area contributed by atoms with Crippen LogP contribution < -0.4 is 0 Å². The first kappa shape index (κ1) is 7.62. The zero-order chi connectivity index (χ0) is 6.78. The van der Waals surface area contributed by atoms with Crippen LogP contribution in [0.3, 0.4) is 0 Å². The lowest BCUT2D eigenvalue weighted by atomic mass is 11.5. The molecule has 0 aromatic carbocycles. The molecule has 8 heavy (non-hydrogen) atoms. The summed E-state index contributed by atoms with van der Waals surface area (Å²) in [6.45, 7) is 0. The first-order chi connectivity index (χ1) is 3.42. The maximum absolute atomic E-state index is 9.81. The summed E-state index contributed by atoms with van der Waals surface area (Å²) in [5.74, 6) is 0. The van der Waals surface area contributed by atoms with Crippen molar-refractivity contribution in [3.8, 4) is 0 Å². The van der Waals surface area contributed by atoms with Gasteiger partial charge in [0, 0.05) is 0 Å². The van der Waals surface area contributed by atoms with Gasteiger partial charge in [-0.2, -0.15) is 0 Å². The van der Waals surface area contributed by atoms with Crippen LogP contribution in [0.1, 0.15) is 0 Å². The Morgan fingerprint density at radius 1 is 1.50 bits per heavy atom. The Balaban J connectivity index is 3.55. The molecule has 0 amide bonds. The van der Waals surface area contributed by atoms with Gasteiger partial charge in [-0.3, -0.25) is 0 Å². The Bertz CT molecular complexity index is 93.9. The molecule has 0 aromatic rings. The molecule has 0 saturated heterocycles. The fourth-order valence-corrected chi connectivity index (χ4v) is 0.642. The topological polar surface area (TPSA) is 46.5 Å². The number of hydrogen-bond acceptors (Lipinski definition) is 2. The second-order valence-electron chi connectivity index (χ2n) is 2.07. The van der Waals surface area contributed by atoms with Crippen molar-refractivity contribution < 1.29 is 14.1 Å². The molecule has 0 saturated carbocycles. The van der Waals surface area contributed by atoms with E-state index in [2.05, 4.69) is 4.18 Å². The number of carboxylic acid groups (broad SMARTS) is 1. The van der Waals surface area contributed by atoms with Gasteiger partial charge in [0.2, 0.25) is 0 Å². The molecule has 0 bridgehead atoms. The van der Waals surface area contributed by atoms with Gasteiger partial charge in [-0.15, -0.1) is 0 Å². The SMILES string of the molecule is CS(C)(C)OC(=O)O. The molecule has 3 nitrogen and oxygen atoms in total. The van der Waals surface area contributed by atoms with Gasteiger partial charge in [0.25, 0.3) is 0 Å². The Morgan fingerprint density at radius 2 is 1.88 bits per heavy atom. The molecular formula is C4H10O3S. The van der Waals surface area contributed by atoms with Crippen molar-refractivity contribution in [2.75, 3.05) is 18.8 Å². The minimum Gasteiger partial charge on any atom is -0.449 e. The first-order valence-electron chi connectivity index (χ1n) is 2.02. The third-order valence-electron chi connectivity index (χ3n) is 0.321. The van der Waals surface area contributed by atoms with Crippen LogP contribution in [0.4, 0.5) is 4.79 Å². The summed E-state index contributed by atoms with van der Waals surface area (Å²) >= 11 is 0. The summed E-state index contributed by atoms with van der Waals surface area (Å²) in [5, 5.41) is 8.05. The van der Waals surface area contributed by atoms with E-state index >= 15 is 0 Å². The van der Waals surface area contributed by atoms with E-state index in [-0.39, 0.29) is 0 Å². The summed E-state index contributed by atoms with van der Waals surface area (Å²) in [6.07, 6.45) is 4.11. The summed E-state index contributed by atoms with van der Waals surface area (Å²) in [5.41, 5.74) is 0. The molecule has 1 N–H and O–H groups in total. The Kier molecular flexibility index (Phi) is 2.15. The Hall–Kier alpha value is -0.380. The van der Waals surface area contributed by atoms with E-state index in [1.165, 1.54) is 0 Å². The van der Waals surface area contributed by atoms with E-state index in [4.69, 9.17) is 5.11 Å². The average Bonchev–Trinajstić information content (AvgIpc) is 1.21. The van der Waals surface area contributed by atoms with E-state index in [1.54, 1.807) is 18.8 Å². The van der Waals surface area contributed by atoms with E-state index < -0.39 is 16.5 Å². The van der Waals surface area contributed by atoms with Crippen LogP contribution in [0.25, 0.3) is 0 Å². The molecule has 0 atom stereocenters. The zero-order valence-corrected chi connectivity index (χ0v) is 5.99. The second kappa shape index (κ2) is 2.26. The monoisotopic (exact) mass is 138 g/mol. The molecule has 0 fully saturated rings. The van der Waals surface area contributed by atoms with E-state index in [0.29, 0.717) is 0 Å². The molecule has 0 unspecified atom stereocenters. The highest BCUT2D eigenvalue weighted by Crippen LogP contribution is 2.35. The van der Waals surface area contributed by atoms with Crippen LogP contribution in [-0.4, -0.2) is 30.0 Å². The van der Waals surface area contributed by atoms with E-state index in [0.717, 1.165) is 0 Å². The average molecular weight is 138 g/mol. The van der Waals surface area contributed by atoms with Crippen LogP contribution in [-0.2, 0) is 4.18 Å². The largest absolute Gasteiger partial charge is 0.516 e. The first-order valence-corrected chi connectivity index (χ1v) is 4.81. The molecule has 0 radical (unpaired) electrons. The predicted octanol–water partition coefficient (Wildman–Crippen LogP) is 1.29. The third kappa shape index (κ3) is 5.62. The van der Waals surface area contributed by atoms with Gasteiger partial charge in [-0.25, -0.2) is 4.79 Å². The van der Waals surface area contributed by atoms with E-state index in [1.807, 2.05) is 0 Å². The Morgan fingerprint density at radius 3 is 1.88 bits per heavy atom. The Labute approximate surface area is 50.2 Å². The van der Waals surface area contributed by atoms with Gasteiger partial charge in [0.15, 0.2) is 0 Å². The fourth-order valence-electron chi connectivity index (χ4n) is 0.214. The van der Waals surface area contributed by atoms with Crippen molar-refractivity contribution in [1.82, 2.24) is 0 Å². The smallest absolute Gasteiger partial charge is 0.449 e. The zero-order valence-electron chi connectivity index (χ0n) is 5.17. The van der Waals surface area contributed by atoms with Crippen LogP contribution in [0.15, 0.2) is 0 Å². The lowest BCUT2D eigenvalue weighted by Gasteiger charge is -2.21. The molecule has 0 rings (SSSR count). The van der Waals surface area contributed by atoms with Crippen molar-refractivity contribution in [3.05, 3.63) is 0 Å². The molecule has 50 valence electrons. The van der Waals surface area contributed by atoms with Crippen LogP contribution in [0, 0.1) is 0 Å². The van der Waals surface area contributed by atoms with Crippen molar-refractivity contribution in [2.45, 2.75) is 0 Å². The van der Waals surface area contributed by atoms with Crippen LogP contribution in [0.2, 0.25) is 0 Å². The highest BCUT2D eigenvalue weighted by Gasteiger charge is 2.07. The predicted molar refractivity (Wildman–Crippen MR) is 34.5 cm³/mol. The highest BCUT2D eigenvalue weighted by atomic mass is 32.3. The molecule has 0 aliphatic heterocycles. The minimum absolute atomic E-state index is 1.19. The van der Waals surface area contributed by atoms with Crippen molar-refractivity contribution in [2.24, 2.45) is 0 Å². The van der Waals surface area contributed by atoms with Gasteiger partial charge in [0.1, 0.15) is 0 Å². The lowest BCUT2D eigenvalue weighted by molar-refractivity contribution is 0.151. The summed E-state index contributed by atoms with van der Waals surface area (Å²) in [4.78, 5) is 9.81. The summed E-state index contributed by atoms with van der Waals surface area (Å²) < 4.78 is 4.44. The quantitative estimate of drug-likeness (QED) is 0.594. The number of carbonyl (C=O) groups is 1. The van der Waals surface area contributed by atoms with Crippen LogP contribution >= 0.6 is 10.3 Å². The van der Waals surface area contributed by atoms with Gasteiger partial charge in [0.05, 0.1) is 0 Å². The molecule has 0 heterocycles. The maximum atomic E-state index is 9.81. The van der Waals surface area contributed by atoms with Gasteiger partial charge in [-0.1, -0.05) is 10.3 Å². The second-order valence-corrected chi connectivity index (χ2v) is 5.69. The van der Waals surface area contributed by atoms with Crippen molar-refractivity contribution in [3.63, 3.8) is 0 Å². The van der Waals surface area contributed by atoms with Gasteiger partial charge in [-0.05, 0) is 18.8 Å². The molecule has 4 heteroatoms. The minimum atomic E-state index is -1.32. The van der Waals surface area contributed by atoms with Gasteiger partial charge < -0.3 is 9.29 Å². The van der Waals surface area contributed by atoms with Crippen molar-refractivity contribution in [1.29, 1.82) is 0 Å². The standard InChI is InChI=1S/C4H10O3S/c1-8(2,3)7-4(5)6/h1-3H3,(H,5,6). The van der Waals surface area contributed by atoms with Gasteiger partial charge >= 0.3 is 6.16 Å². The lowest BCUT2D eigenvalue weighted by Crippen LogP contribution is -2.03. The molecule has 0 aromatic heterocycles. The van der Waals surface area contributed by atoms with Crippen LogP contribution in [0.5, 0.6) is 0 Å². The third-order valence-corrected chi connectivity index (χ3v) is 0.964. The normalized spacial score (nSPS) is 12.9. The molecule has 0 aliphatic rings. The highest BCUT2D eigenvalue weighted by molar-refractivity contribution is 8.28. The maximum Gasteiger partial charge on any atom is 0.516 e. The fraction of sp³-hybridized carbons (Fsp3) is 0.750. The molecule has 0 spiro atoms. The number of hydrogen-bond donors (Lipinski definition) is 1. The number of rotatable bonds is 1. The van der Waals surface area contributed by atoms with Crippen molar-refractivity contribution >= 4 is 16.5 Å². The summed E-state index contributed by atoms with van der Waals surface area (Å²) in [6, 6.07) is 0. The molecule has 0 aliphatic carbocycles. The molecular weight excluding hydrogens is 128 g/mol. The summed E-state index contributed by atoms with van der Waals surface area (Å²) in [7, 11) is -1.32. The van der Waals surface area contributed by atoms with E-state index in [9.17, 15) is 4.79 Å².